The Hall–Kier alpha value is -2.49. The van der Waals surface area contributed by atoms with Crippen LogP contribution in [0.3, 0.4) is 0 Å². The van der Waals surface area contributed by atoms with Gasteiger partial charge in [-0.25, -0.2) is 0 Å². The number of rotatable bonds is 3. The van der Waals surface area contributed by atoms with Gasteiger partial charge in [-0.15, -0.1) is 4.91 Å². The summed E-state index contributed by atoms with van der Waals surface area (Å²) in [5, 5.41) is 5.60. The van der Waals surface area contributed by atoms with E-state index in [0.29, 0.717) is 11.3 Å². The Morgan fingerprint density at radius 1 is 1.11 bits per heavy atom. The number of amides is 1. The van der Waals surface area contributed by atoms with Gasteiger partial charge >= 0.3 is 0 Å². The normalized spacial score (nSPS) is 9.83. The molecule has 0 aliphatic carbocycles. The number of carbonyl (C=O) groups is 1. The fourth-order valence-electron chi connectivity index (χ4n) is 1.63. The van der Waals surface area contributed by atoms with Gasteiger partial charge in [0.2, 0.25) is 0 Å². The van der Waals surface area contributed by atoms with Crippen LogP contribution in [0, 0.1) is 11.8 Å². The van der Waals surface area contributed by atoms with E-state index >= 15 is 0 Å². The Labute approximate surface area is 105 Å². The molecule has 0 aliphatic heterocycles. The van der Waals surface area contributed by atoms with Crippen molar-refractivity contribution >= 4 is 17.3 Å². The molecule has 0 bridgehead atoms. The quantitative estimate of drug-likeness (QED) is 0.832. The number of carbonyl (C=O) groups excluding carboxylic acids is 1. The summed E-state index contributed by atoms with van der Waals surface area (Å²) < 4.78 is 0. The number of hydrogen-bond donors (Lipinski definition) is 1. The molecule has 1 amide bonds. The lowest BCUT2D eigenvalue weighted by molar-refractivity contribution is 0.102. The summed E-state index contributed by atoms with van der Waals surface area (Å²) in [6.07, 6.45) is 0. The molecule has 4 heteroatoms. The molecule has 2 rings (SSSR count). The number of benzene rings is 2. The van der Waals surface area contributed by atoms with Crippen molar-refractivity contribution in [3.8, 4) is 0 Å². The Bertz CT molecular complexity index is 580. The molecule has 1 N–H and O–H groups in total. The molecule has 2 aromatic carbocycles. The van der Waals surface area contributed by atoms with Crippen molar-refractivity contribution in [3.05, 3.63) is 64.6 Å². The van der Waals surface area contributed by atoms with Gasteiger partial charge in [0.1, 0.15) is 5.69 Å². The Kier molecular flexibility index (Phi) is 3.48. The van der Waals surface area contributed by atoms with Gasteiger partial charge in [-0.2, -0.15) is 0 Å². The predicted octanol–water partition coefficient (Wildman–Crippen LogP) is 3.65. The molecule has 0 aromatic heterocycles. The van der Waals surface area contributed by atoms with Gasteiger partial charge in [0.05, 0.1) is 0 Å². The maximum Gasteiger partial charge on any atom is 0.256 e. The van der Waals surface area contributed by atoms with Gasteiger partial charge in [-0.05, 0) is 41.9 Å². The first-order chi connectivity index (χ1) is 8.70. The minimum atomic E-state index is -0.246. The van der Waals surface area contributed by atoms with Gasteiger partial charge in [0.15, 0.2) is 0 Å². The van der Waals surface area contributed by atoms with Crippen molar-refractivity contribution in [2.45, 2.75) is 6.92 Å². The second kappa shape index (κ2) is 5.23. The molecule has 90 valence electrons. The van der Waals surface area contributed by atoms with Crippen molar-refractivity contribution in [2.24, 2.45) is 5.18 Å². The summed E-state index contributed by atoms with van der Waals surface area (Å²) in [5.74, 6) is -0.246. The fraction of sp³-hybridized carbons (Fsp3) is 0.0714. The average molecular weight is 240 g/mol. The maximum absolute atomic E-state index is 12.0. The van der Waals surface area contributed by atoms with Crippen LogP contribution >= 0.6 is 0 Å². The number of nitroso groups, excluding NO2 is 1. The summed E-state index contributed by atoms with van der Waals surface area (Å²) in [7, 11) is 0. The molecule has 4 nitrogen and oxygen atoms in total. The number of aryl methyl sites for hydroxylation is 1. The van der Waals surface area contributed by atoms with E-state index in [-0.39, 0.29) is 11.6 Å². The maximum atomic E-state index is 12.0. The topological polar surface area (TPSA) is 58.5 Å². The second-order valence-corrected chi connectivity index (χ2v) is 3.91. The zero-order valence-corrected chi connectivity index (χ0v) is 9.88. The van der Waals surface area contributed by atoms with E-state index < -0.39 is 0 Å². The summed E-state index contributed by atoms with van der Waals surface area (Å²) in [4.78, 5) is 22.5. The monoisotopic (exact) mass is 240 g/mol. The molecule has 0 aliphatic rings. The highest BCUT2D eigenvalue weighted by Crippen LogP contribution is 2.19. The first-order valence-corrected chi connectivity index (χ1v) is 5.51. The Morgan fingerprint density at radius 3 is 2.50 bits per heavy atom. The average Bonchev–Trinajstić information content (AvgIpc) is 2.40. The van der Waals surface area contributed by atoms with E-state index in [0.717, 1.165) is 5.56 Å². The van der Waals surface area contributed by atoms with Crippen LogP contribution in [0.1, 0.15) is 15.9 Å². The van der Waals surface area contributed by atoms with E-state index in [1.807, 2.05) is 25.1 Å². The van der Waals surface area contributed by atoms with Crippen LogP contribution in [0.4, 0.5) is 11.4 Å². The van der Waals surface area contributed by atoms with Crippen molar-refractivity contribution in [1.82, 2.24) is 0 Å². The summed E-state index contributed by atoms with van der Waals surface area (Å²) >= 11 is 0. The van der Waals surface area contributed by atoms with E-state index in [2.05, 4.69) is 10.5 Å². The number of para-hydroxylation sites is 1. The lowest BCUT2D eigenvalue weighted by Gasteiger charge is -2.07. The third kappa shape index (κ3) is 2.60. The molecule has 18 heavy (non-hydrogen) atoms. The zero-order chi connectivity index (χ0) is 13.0. The molecular weight excluding hydrogens is 228 g/mol. The molecule has 0 atom stereocenters. The van der Waals surface area contributed by atoms with Gasteiger partial charge in [-0.3, -0.25) is 4.79 Å². The van der Waals surface area contributed by atoms with Crippen LogP contribution < -0.4 is 5.32 Å². The van der Waals surface area contributed by atoms with E-state index in [4.69, 9.17) is 0 Å². The number of nitrogens with zero attached hydrogens (tertiary/aromatic N) is 1. The Morgan fingerprint density at radius 2 is 1.83 bits per heavy atom. The first kappa shape index (κ1) is 12.0. The number of hydrogen-bond acceptors (Lipinski definition) is 3. The van der Waals surface area contributed by atoms with Gasteiger partial charge < -0.3 is 5.32 Å². The fourth-order valence-corrected chi connectivity index (χ4v) is 1.63. The molecular formula is C14H12N2O2. The van der Waals surface area contributed by atoms with Gasteiger partial charge in [-0.1, -0.05) is 24.3 Å². The van der Waals surface area contributed by atoms with E-state index in [9.17, 15) is 9.70 Å². The van der Waals surface area contributed by atoms with Crippen LogP contribution in [0.25, 0.3) is 0 Å². The number of nitrogens with one attached hydrogen (secondary N) is 1. The van der Waals surface area contributed by atoms with Gasteiger partial charge in [0, 0.05) is 11.3 Å². The minimum Gasteiger partial charge on any atom is -0.322 e. The minimum absolute atomic E-state index is 0.246. The first-order valence-electron chi connectivity index (χ1n) is 5.51. The summed E-state index contributed by atoms with van der Waals surface area (Å²) in [5.41, 5.74) is 2.22. The van der Waals surface area contributed by atoms with Crippen molar-refractivity contribution in [2.75, 3.05) is 5.32 Å². The lowest BCUT2D eigenvalue weighted by atomic mass is 10.1. The largest absolute Gasteiger partial charge is 0.322 e. The van der Waals surface area contributed by atoms with Crippen molar-refractivity contribution in [3.63, 3.8) is 0 Å². The zero-order valence-electron chi connectivity index (χ0n) is 9.88. The molecule has 0 heterocycles. The smallest absolute Gasteiger partial charge is 0.256 e. The second-order valence-electron chi connectivity index (χ2n) is 3.91. The predicted molar refractivity (Wildman–Crippen MR) is 71.0 cm³/mol. The van der Waals surface area contributed by atoms with Crippen LogP contribution in [-0.2, 0) is 0 Å². The van der Waals surface area contributed by atoms with Crippen molar-refractivity contribution in [1.29, 1.82) is 0 Å². The molecule has 0 saturated heterocycles. The standard InChI is InChI=1S/C14H12N2O2/c1-10-7-8-12(16-18)9-13(10)14(17)15-11-5-3-2-4-6-11/h2-9H,1H3,(H,15,17). The van der Waals surface area contributed by atoms with Crippen LogP contribution in [0.5, 0.6) is 0 Å². The third-order valence-electron chi connectivity index (χ3n) is 2.60. The van der Waals surface area contributed by atoms with E-state index in [1.165, 1.54) is 6.07 Å². The van der Waals surface area contributed by atoms with Crippen LogP contribution in [0.15, 0.2) is 53.7 Å². The van der Waals surface area contributed by atoms with E-state index in [1.54, 1.807) is 24.3 Å². The lowest BCUT2D eigenvalue weighted by Crippen LogP contribution is -2.13. The van der Waals surface area contributed by atoms with Crippen molar-refractivity contribution < 1.29 is 4.79 Å². The molecule has 0 fully saturated rings. The van der Waals surface area contributed by atoms with Crippen LogP contribution in [-0.4, -0.2) is 5.91 Å². The molecule has 0 radical (unpaired) electrons. The third-order valence-corrected chi connectivity index (χ3v) is 2.60. The molecule has 0 spiro atoms. The highest BCUT2D eigenvalue weighted by atomic mass is 16.3. The highest BCUT2D eigenvalue weighted by Gasteiger charge is 2.10. The highest BCUT2D eigenvalue weighted by molar-refractivity contribution is 6.05. The summed E-state index contributed by atoms with van der Waals surface area (Å²) in [6, 6.07) is 13.9. The van der Waals surface area contributed by atoms with Crippen LogP contribution in [0.2, 0.25) is 0 Å². The SMILES string of the molecule is Cc1ccc(N=O)cc1C(=O)Nc1ccccc1. The van der Waals surface area contributed by atoms with Gasteiger partial charge in [0.25, 0.3) is 5.91 Å². The molecule has 0 unspecified atom stereocenters. The summed E-state index contributed by atoms with van der Waals surface area (Å²) in [6.45, 7) is 1.81. The Balaban J connectivity index is 2.26. The number of anilines is 1. The molecule has 0 saturated carbocycles. The molecule has 2 aromatic rings.